The Morgan fingerprint density at radius 1 is 1.35 bits per heavy atom. The predicted octanol–water partition coefficient (Wildman–Crippen LogP) is 2.46. The van der Waals surface area contributed by atoms with Crippen molar-refractivity contribution >= 4 is 40.9 Å². The zero-order chi connectivity index (χ0) is 17.4. The molecule has 6 heteroatoms. The van der Waals surface area contributed by atoms with Gasteiger partial charge in [-0.3, -0.25) is 9.59 Å². The van der Waals surface area contributed by atoms with Gasteiger partial charge in [-0.15, -0.1) is 11.3 Å². The molecule has 0 aliphatic carbocycles. The third-order valence-corrected chi connectivity index (χ3v) is 4.72. The van der Waals surface area contributed by atoms with Gasteiger partial charge in [0.05, 0.1) is 9.55 Å². The van der Waals surface area contributed by atoms with Crippen LogP contribution in [0.1, 0.15) is 26.3 Å². The van der Waals surface area contributed by atoms with E-state index in [2.05, 4.69) is 0 Å². The minimum absolute atomic E-state index is 0.0334. The smallest absolute Gasteiger partial charge is 0.268 e. The van der Waals surface area contributed by atoms with E-state index < -0.39 is 11.2 Å². The number of hydrogen-bond acceptors (Lipinski definition) is 3. The lowest BCUT2D eigenvalue weighted by atomic mass is 9.91. The van der Waals surface area contributed by atoms with Gasteiger partial charge in [0, 0.05) is 18.5 Å². The van der Waals surface area contributed by atoms with E-state index in [-0.39, 0.29) is 16.4 Å². The van der Waals surface area contributed by atoms with Crippen molar-refractivity contribution in [2.75, 3.05) is 0 Å². The van der Waals surface area contributed by atoms with Crippen LogP contribution in [0.2, 0.25) is 5.02 Å². The quantitative estimate of drug-likeness (QED) is 0.832. The predicted molar refractivity (Wildman–Crippen MR) is 92.7 cm³/mol. The van der Waals surface area contributed by atoms with Gasteiger partial charge in [0.15, 0.2) is 5.78 Å². The third kappa shape index (κ3) is 3.98. The lowest BCUT2D eigenvalue weighted by Gasteiger charge is -2.12. The molecule has 0 bridgehead atoms. The molecule has 23 heavy (non-hydrogen) atoms. The Labute approximate surface area is 142 Å². The lowest BCUT2D eigenvalue weighted by molar-refractivity contribution is -0.120. The number of thiazole rings is 1. The monoisotopic (exact) mass is 353 g/mol. The number of benzene rings is 1. The van der Waals surface area contributed by atoms with Crippen molar-refractivity contribution in [3.63, 3.8) is 0 Å². The molecule has 0 saturated heterocycles. The van der Waals surface area contributed by atoms with E-state index in [4.69, 9.17) is 11.6 Å². The zero-order valence-electron chi connectivity index (χ0n) is 13.3. The molecule has 1 aromatic heterocycles. The maximum atomic E-state index is 13.5. The second-order valence-electron chi connectivity index (χ2n) is 6.25. The second-order valence-corrected chi connectivity index (χ2v) is 7.71. The molecule has 0 N–H and O–H groups in total. The Balaban J connectivity index is 2.59. The highest BCUT2D eigenvalue weighted by atomic mass is 35.5. The first-order chi connectivity index (χ1) is 10.6. The molecule has 0 fully saturated rings. The Morgan fingerprint density at radius 3 is 2.57 bits per heavy atom. The van der Waals surface area contributed by atoms with E-state index >= 15 is 0 Å². The number of nitrogens with zero attached hydrogens (tertiary/aromatic N) is 1. The largest absolute Gasteiger partial charge is 0.302 e. The van der Waals surface area contributed by atoms with Crippen LogP contribution < -0.4 is 14.8 Å². The Bertz CT molecular complexity index is 935. The average molecular weight is 354 g/mol. The van der Waals surface area contributed by atoms with Crippen LogP contribution in [-0.2, 0) is 11.8 Å². The maximum absolute atomic E-state index is 13.5. The van der Waals surface area contributed by atoms with Crippen LogP contribution in [-0.4, -0.2) is 10.4 Å². The van der Waals surface area contributed by atoms with E-state index in [0.717, 1.165) is 0 Å². The molecular formula is C17H17ClFNO2S. The molecule has 0 atom stereocenters. The van der Waals surface area contributed by atoms with Gasteiger partial charge in [-0.2, -0.15) is 0 Å². The number of ketones is 1. The van der Waals surface area contributed by atoms with Gasteiger partial charge in [-0.25, -0.2) is 4.39 Å². The molecule has 1 heterocycles. The highest BCUT2D eigenvalue weighted by molar-refractivity contribution is 7.07. The van der Waals surface area contributed by atoms with Gasteiger partial charge in [-0.1, -0.05) is 38.4 Å². The first-order valence-corrected chi connectivity index (χ1v) is 8.18. The minimum Gasteiger partial charge on any atom is -0.302 e. The summed E-state index contributed by atoms with van der Waals surface area (Å²) in [6, 6.07) is 4.34. The second kappa shape index (κ2) is 6.42. The first-order valence-electron chi connectivity index (χ1n) is 6.98. The SMILES string of the molecule is Cn1c(=O)/c(=C/c2ccc(Cl)c(F)c2)s/c1=C/C(=O)C(C)(C)C. The van der Waals surface area contributed by atoms with E-state index in [9.17, 15) is 14.0 Å². The first kappa shape index (κ1) is 17.6. The summed E-state index contributed by atoms with van der Waals surface area (Å²) in [7, 11) is 1.61. The summed E-state index contributed by atoms with van der Waals surface area (Å²) < 4.78 is 15.9. The van der Waals surface area contributed by atoms with Crippen molar-refractivity contribution in [3.05, 3.63) is 54.2 Å². The summed E-state index contributed by atoms with van der Waals surface area (Å²) in [6.07, 6.45) is 3.07. The molecule has 2 rings (SSSR count). The van der Waals surface area contributed by atoms with Crippen LogP contribution in [0.15, 0.2) is 23.0 Å². The van der Waals surface area contributed by atoms with Crippen molar-refractivity contribution in [1.82, 2.24) is 4.57 Å². The molecule has 0 unspecified atom stereocenters. The third-order valence-electron chi connectivity index (χ3n) is 3.30. The van der Waals surface area contributed by atoms with Crippen LogP contribution >= 0.6 is 22.9 Å². The van der Waals surface area contributed by atoms with Crippen molar-refractivity contribution < 1.29 is 9.18 Å². The molecule has 0 amide bonds. The number of rotatable bonds is 2. The Kier molecular flexibility index (Phi) is 4.92. The van der Waals surface area contributed by atoms with Crippen LogP contribution in [0.4, 0.5) is 4.39 Å². The van der Waals surface area contributed by atoms with Crippen LogP contribution in [0, 0.1) is 11.2 Å². The number of hydrogen-bond donors (Lipinski definition) is 0. The lowest BCUT2D eigenvalue weighted by Crippen LogP contribution is -2.30. The van der Waals surface area contributed by atoms with Gasteiger partial charge in [0.2, 0.25) is 0 Å². The number of halogens is 2. The van der Waals surface area contributed by atoms with E-state index in [1.54, 1.807) is 19.2 Å². The minimum atomic E-state index is -0.538. The van der Waals surface area contributed by atoms with Crippen molar-refractivity contribution in [2.45, 2.75) is 20.8 Å². The van der Waals surface area contributed by atoms with Crippen molar-refractivity contribution in [2.24, 2.45) is 12.5 Å². The van der Waals surface area contributed by atoms with Gasteiger partial charge in [0.1, 0.15) is 10.5 Å². The van der Waals surface area contributed by atoms with Gasteiger partial charge < -0.3 is 4.57 Å². The molecule has 0 radical (unpaired) electrons. The normalized spacial score (nSPS) is 13.7. The molecule has 0 spiro atoms. The number of carbonyl (C=O) groups excluding carboxylic acids is 1. The topological polar surface area (TPSA) is 39.1 Å². The van der Waals surface area contributed by atoms with E-state index in [1.165, 1.54) is 34.1 Å². The number of aromatic nitrogens is 1. The summed E-state index contributed by atoms with van der Waals surface area (Å²) in [4.78, 5) is 24.4. The number of carbonyl (C=O) groups is 1. The molecule has 122 valence electrons. The Morgan fingerprint density at radius 2 is 2.00 bits per heavy atom. The summed E-state index contributed by atoms with van der Waals surface area (Å²) in [5.74, 6) is -0.595. The van der Waals surface area contributed by atoms with E-state index in [0.29, 0.717) is 14.8 Å². The fourth-order valence-corrected chi connectivity index (χ4v) is 2.94. The highest BCUT2D eigenvalue weighted by Crippen LogP contribution is 2.16. The maximum Gasteiger partial charge on any atom is 0.268 e. The van der Waals surface area contributed by atoms with Crippen LogP contribution in [0.3, 0.4) is 0 Å². The zero-order valence-corrected chi connectivity index (χ0v) is 14.9. The van der Waals surface area contributed by atoms with Crippen LogP contribution in [0.25, 0.3) is 12.2 Å². The molecule has 0 aliphatic heterocycles. The summed E-state index contributed by atoms with van der Waals surface area (Å²) in [5, 5.41) is 0.0334. The molecule has 0 aliphatic rings. The average Bonchev–Trinajstić information content (AvgIpc) is 2.70. The van der Waals surface area contributed by atoms with Crippen molar-refractivity contribution in [3.8, 4) is 0 Å². The summed E-state index contributed by atoms with van der Waals surface area (Å²) in [6.45, 7) is 5.46. The summed E-state index contributed by atoms with van der Waals surface area (Å²) >= 11 is 6.85. The van der Waals surface area contributed by atoms with Crippen LogP contribution in [0.5, 0.6) is 0 Å². The summed E-state index contributed by atoms with van der Waals surface area (Å²) in [5.41, 5.74) is -0.193. The molecular weight excluding hydrogens is 337 g/mol. The fraction of sp³-hybridized carbons (Fsp3) is 0.294. The van der Waals surface area contributed by atoms with Gasteiger partial charge >= 0.3 is 0 Å². The van der Waals surface area contributed by atoms with Gasteiger partial charge in [0.25, 0.3) is 5.56 Å². The number of Topliss-reactive ketones (excluding diaryl/α,β-unsaturated/α-hetero) is 1. The van der Waals surface area contributed by atoms with E-state index in [1.807, 2.05) is 20.8 Å². The fourth-order valence-electron chi connectivity index (χ4n) is 1.79. The molecule has 0 saturated carbocycles. The standard InChI is InChI=1S/C17H17ClFNO2S/c1-17(2,3)14(21)9-15-20(4)16(22)13(23-15)8-10-5-6-11(18)12(19)7-10/h5-9H,1-4H3/b13-8-,15-9+. The highest BCUT2D eigenvalue weighted by Gasteiger charge is 2.19. The van der Waals surface area contributed by atoms with Gasteiger partial charge in [-0.05, 0) is 23.8 Å². The molecule has 2 aromatic rings. The molecule has 1 aromatic carbocycles. The van der Waals surface area contributed by atoms with Crippen molar-refractivity contribution in [1.29, 1.82) is 0 Å². The molecule has 3 nitrogen and oxygen atoms in total. The Hall–Kier alpha value is -1.72.